The molecule has 3 rings (SSSR count). The number of sulfonamides is 1. The van der Waals surface area contributed by atoms with Crippen molar-refractivity contribution in [2.45, 2.75) is 31.7 Å². The summed E-state index contributed by atoms with van der Waals surface area (Å²) in [6, 6.07) is 19.5. The number of benzene rings is 3. The molecule has 0 amide bonds. The van der Waals surface area contributed by atoms with Crippen molar-refractivity contribution in [2.24, 2.45) is 0 Å². The molecule has 7 heteroatoms. The number of hydrogen-bond donors (Lipinski definition) is 1. The van der Waals surface area contributed by atoms with Gasteiger partial charge < -0.3 is 0 Å². The Labute approximate surface area is 170 Å². The van der Waals surface area contributed by atoms with Crippen LogP contribution in [0, 0.1) is 24.0 Å². The van der Waals surface area contributed by atoms with Gasteiger partial charge in [0.05, 0.1) is 9.82 Å². The molecule has 0 fully saturated rings. The second kappa shape index (κ2) is 8.14. The van der Waals surface area contributed by atoms with Crippen LogP contribution in [0.2, 0.25) is 0 Å². The van der Waals surface area contributed by atoms with Crippen LogP contribution in [0.5, 0.6) is 0 Å². The fourth-order valence-corrected chi connectivity index (χ4v) is 4.72. The summed E-state index contributed by atoms with van der Waals surface area (Å²) in [5, 5.41) is 11.1. The van der Waals surface area contributed by atoms with E-state index in [1.165, 1.54) is 6.07 Å². The summed E-state index contributed by atoms with van der Waals surface area (Å²) >= 11 is 0. The van der Waals surface area contributed by atoms with E-state index in [-0.39, 0.29) is 10.6 Å². The van der Waals surface area contributed by atoms with Gasteiger partial charge in [-0.3, -0.25) is 10.1 Å². The first-order valence-corrected chi connectivity index (χ1v) is 10.6. The normalized spacial score (nSPS) is 12.5. The zero-order valence-corrected chi connectivity index (χ0v) is 17.2. The Balaban J connectivity index is 1.86. The Morgan fingerprint density at radius 1 is 0.931 bits per heavy atom. The molecule has 0 aliphatic heterocycles. The van der Waals surface area contributed by atoms with Crippen molar-refractivity contribution in [3.8, 4) is 11.1 Å². The molecule has 0 radical (unpaired) electrons. The van der Waals surface area contributed by atoms with Crippen LogP contribution in [0.15, 0.2) is 71.6 Å². The second-order valence-electron chi connectivity index (χ2n) is 6.97. The predicted octanol–water partition coefficient (Wildman–Crippen LogP) is 4.92. The first kappa shape index (κ1) is 20.7. The number of nitrogens with one attached hydrogen (secondary N) is 1. The number of nitro groups is 1. The quantitative estimate of drug-likeness (QED) is 0.461. The molecule has 0 aliphatic rings. The van der Waals surface area contributed by atoms with Gasteiger partial charge in [0.2, 0.25) is 10.0 Å². The van der Waals surface area contributed by atoms with Crippen LogP contribution in [0.4, 0.5) is 5.69 Å². The Morgan fingerprint density at radius 3 is 2.10 bits per heavy atom. The Bertz CT molecular complexity index is 1140. The number of non-ortho nitro benzene ring substituents is 1. The zero-order chi connectivity index (χ0) is 21.2. The molecular weight excluding hydrogens is 388 g/mol. The van der Waals surface area contributed by atoms with Crippen molar-refractivity contribution in [1.29, 1.82) is 0 Å². The van der Waals surface area contributed by atoms with E-state index in [2.05, 4.69) is 4.72 Å². The van der Waals surface area contributed by atoms with Gasteiger partial charge in [-0.05, 0) is 48.6 Å². The fourth-order valence-electron chi connectivity index (χ4n) is 3.15. The molecule has 0 aliphatic carbocycles. The van der Waals surface area contributed by atoms with Gasteiger partial charge >= 0.3 is 0 Å². The number of hydrogen-bond acceptors (Lipinski definition) is 4. The van der Waals surface area contributed by atoms with Gasteiger partial charge in [-0.2, -0.15) is 0 Å². The molecule has 0 aromatic heterocycles. The van der Waals surface area contributed by atoms with E-state index >= 15 is 0 Å². The summed E-state index contributed by atoms with van der Waals surface area (Å²) in [5.74, 6) is 0. The molecule has 29 heavy (non-hydrogen) atoms. The lowest BCUT2D eigenvalue weighted by Crippen LogP contribution is -2.27. The van der Waals surface area contributed by atoms with E-state index in [9.17, 15) is 18.5 Å². The number of nitrogens with zero attached hydrogens (tertiary/aromatic N) is 1. The summed E-state index contributed by atoms with van der Waals surface area (Å²) in [7, 11) is -3.93. The van der Waals surface area contributed by atoms with E-state index in [4.69, 9.17) is 0 Å². The highest BCUT2D eigenvalue weighted by atomic mass is 32.2. The molecular formula is C22H22N2O4S. The molecule has 6 nitrogen and oxygen atoms in total. The largest absolute Gasteiger partial charge is 0.271 e. The third kappa shape index (κ3) is 4.52. The molecule has 3 aromatic carbocycles. The minimum absolute atomic E-state index is 0.0723. The summed E-state index contributed by atoms with van der Waals surface area (Å²) in [6.45, 7) is 5.05. The van der Waals surface area contributed by atoms with Crippen molar-refractivity contribution in [1.82, 2.24) is 4.72 Å². The Hall–Kier alpha value is -3.03. The second-order valence-corrected chi connectivity index (χ2v) is 8.66. The minimum Gasteiger partial charge on any atom is -0.258 e. The van der Waals surface area contributed by atoms with Crippen LogP contribution in [0.1, 0.15) is 29.7 Å². The van der Waals surface area contributed by atoms with Gasteiger partial charge in [-0.15, -0.1) is 0 Å². The average molecular weight is 410 g/mol. The van der Waals surface area contributed by atoms with Crippen molar-refractivity contribution in [3.63, 3.8) is 0 Å². The molecule has 0 heterocycles. The maximum atomic E-state index is 12.9. The van der Waals surface area contributed by atoms with E-state index < -0.39 is 21.0 Å². The monoisotopic (exact) mass is 410 g/mol. The van der Waals surface area contributed by atoms with Crippen LogP contribution in [-0.2, 0) is 10.0 Å². The first-order valence-electron chi connectivity index (χ1n) is 9.12. The standard InChI is InChI=1S/C22H22N2O4S/c1-15-13-21(24(25)26)14-22(16(15)2)29(27,28)23-17(3)18-9-11-20(12-10-18)19-7-5-4-6-8-19/h4-14,17,23H,1-3H3/t17-/m0/s1. The van der Waals surface area contributed by atoms with E-state index in [1.807, 2.05) is 54.6 Å². The van der Waals surface area contributed by atoms with Crippen molar-refractivity contribution in [2.75, 3.05) is 0 Å². The van der Waals surface area contributed by atoms with E-state index in [1.54, 1.807) is 20.8 Å². The van der Waals surface area contributed by atoms with Crippen LogP contribution < -0.4 is 4.72 Å². The molecule has 3 aromatic rings. The van der Waals surface area contributed by atoms with Gasteiger partial charge in [0.1, 0.15) is 0 Å². The van der Waals surface area contributed by atoms with Crippen molar-refractivity contribution < 1.29 is 13.3 Å². The van der Waals surface area contributed by atoms with Gasteiger partial charge in [0.25, 0.3) is 5.69 Å². The van der Waals surface area contributed by atoms with Crippen LogP contribution >= 0.6 is 0 Å². The fraction of sp³-hybridized carbons (Fsp3) is 0.182. The molecule has 0 bridgehead atoms. The Kier molecular flexibility index (Phi) is 5.81. The number of rotatable bonds is 6. The highest BCUT2D eigenvalue weighted by molar-refractivity contribution is 7.89. The number of aryl methyl sites for hydroxylation is 1. The van der Waals surface area contributed by atoms with Gasteiger partial charge in [-0.1, -0.05) is 54.6 Å². The Morgan fingerprint density at radius 2 is 1.52 bits per heavy atom. The molecule has 150 valence electrons. The third-order valence-corrected chi connectivity index (χ3v) is 6.62. The van der Waals surface area contributed by atoms with Crippen LogP contribution in [0.3, 0.4) is 0 Å². The third-order valence-electron chi connectivity index (χ3n) is 4.95. The highest BCUT2D eigenvalue weighted by Gasteiger charge is 2.24. The summed E-state index contributed by atoms with van der Waals surface area (Å²) in [6.07, 6.45) is 0. The topological polar surface area (TPSA) is 89.3 Å². The van der Waals surface area contributed by atoms with Gasteiger partial charge in [0, 0.05) is 18.2 Å². The molecule has 0 saturated carbocycles. The lowest BCUT2D eigenvalue weighted by Gasteiger charge is -2.17. The maximum Gasteiger partial charge on any atom is 0.271 e. The summed E-state index contributed by atoms with van der Waals surface area (Å²) in [5.41, 5.74) is 3.72. The lowest BCUT2D eigenvalue weighted by atomic mass is 10.0. The van der Waals surface area contributed by atoms with Gasteiger partial charge in [0.15, 0.2) is 0 Å². The molecule has 0 unspecified atom stereocenters. The van der Waals surface area contributed by atoms with E-state index in [0.717, 1.165) is 22.8 Å². The van der Waals surface area contributed by atoms with Crippen molar-refractivity contribution in [3.05, 3.63) is 93.5 Å². The lowest BCUT2D eigenvalue weighted by molar-refractivity contribution is -0.385. The smallest absolute Gasteiger partial charge is 0.258 e. The zero-order valence-electron chi connectivity index (χ0n) is 16.4. The average Bonchev–Trinajstić information content (AvgIpc) is 2.70. The van der Waals surface area contributed by atoms with Crippen molar-refractivity contribution >= 4 is 15.7 Å². The molecule has 0 saturated heterocycles. The minimum atomic E-state index is -3.93. The van der Waals surface area contributed by atoms with Gasteiger partial charge in [-0.25, -0.2) is 13.1 Å². The predicted molar refractivity (Wildman–Crippen MR) is 113 cm³/mol. The van der Waals surface area contributed by atoms with E-state index in [0.29, 0.717) is 11.1 Å². The SMILES string of the molecule is Cc1cc([N+](=O)[O-])cc(S(=O)(=O)N[C@@H](C)c2ccc(-c3ccccc3)cc2)c1C. The molecule has 1 atom stereocenters. The summed E-state index contributed by atoms with van der Waals surface area (Å²) < 4.78 is 28.5. The highest BCUT2D eigenvalue weighted by Crippen LogP contribution is 2.27. The summed E-state index contributed by atoms with van der Waals surface area (Å²) in [4.78, 5) is 10.5. The number of nitro benzene ring substituents is 1. The first-order chi connectivity index (χ1) is 13.7. The van der Waals surface area contributed by atoms with Crippen LogP contribution in [0.25, 0.3) is 11.1 Å². The van der Waals surface area contributed by atoms with Crippen LogP contribution in [-0.4, -0.2) is 13.3 Å². The maximum absolute atomic E-state index is 12.9. The molecule has 1 N–H and O–H groups in total. The molecule has 0 spiro atoms.